The van der Waals surface area contributed by atoms with Gasteiger partial charge >= 0.3 is 46.1 Å². The third-order valence-electron chi connectivity index (χ3n) is 1.57. The zero-order chi connectivity index (χ0) is 18.6. The van der Waals surface area contributed by atoms with Gasteiger partial charge in [0.1, 0.15) is 0 Å². The maximum absolute atomic E-state index is 12.0. The van der Waals surface area contributed by atoms with Crippen LogP contribution in [0.5, 0.6) is 0 Å². The first kappa shape index (κ1) is 25.5. The Balaban J connectivity index is 0. The summed E-state index contributed by atoms with van der Waals surface area (Å²) in [5.74, 6) is 0. The minimum Gasteiger partial charge on any atom is -0.251 e. The maximum Gasteiger partial charge on any atom is 1.00 e. The van der Waals surface area contributed by atoms with Crippen molar-refractivity contribution in [1.82, 2.24) is 0 Å². The zero-order valence-corrected chi connectivity index (χ0v) is 14.5. The largest absolute Gasteiger partial charge is 1.00 e. The average molecular weight is 434 g/mol. The Morgan fingerprint density at radius 3 is 0.696 bits per heavy atom. The van der Waals surface area contributed by atoms with Crippen molar-refractivity contribution < 1.29 is 94.3 Å². The molecule has 0 saturated carbocycles. The molecule has 0 fully saturated rings. The van der Waals surface area contributed by atoms with Crippen molar-refractivity contribution >= 4 is 29.5 Å². The second-order valence-electron chi connectivity index (χ2n) is 3.10. The number of alkyl halides is 9. The summed E-state index contributed by atoms with van der Waals surface area (Å²) in [6.45, 7) is 0. The Bertz CT molecular complexity index is 634. The maximum atomic E-state index is 12.0. The van der Waals surface area contributed by atoms with Crippen molar-refractivity contribution in [2.24, 2.45) is 0 Å². The summed E-state index contributed by atoms with van der Waals surface area (Å²) in [7, 11) is -24.1. The fourth-order valence-corrected chi connectivity index (χ4v) is 6.45. The van der Waals surface area contributed by atoms with Crippen LogP contribution in [0.25, 0.3) is 0 Å². The van der Waals surface area contributed by atoms with Gasteiger partial charge in [-0.25, -0.2) is 0 Å². The van der Waals surface area contributed by atoms with Crippen LogP contribution in [0.2, 0.25) is 0 Å². The fraction of sp³-hybridized carbons (Fsp3) is 0.750. The number of halogens is 9. The Labute approximate surface area is 144 Å². The zero-order valence-electron chi connectivity index (χ0n) is 10.1. The molecule has 0 aliphatic carbocycles. The molecule has 0 aliphatic rings. The summed E-state index contributed by atoms with van der Waals surface area (Å²) in [5.41, 5.74) is -21.2. The summed E-state index contributed by atoms with van der Waals surface area (Å²) >= 11 is 0. The number of hydrogen-bond donors (Lipinski definition) is 0. The van der Waals surface area contributed by atoms with E-state index in [-0.39, 0.29) is 29.6 Å². The Morgan fingerprint density at radius 2 is 0.609 bits per heavy atom. The van der Waals surface area contributed by atoms with Crippen LogP contribution < -0.4 is 29.6 Å². The van der Waals surface area contributed by atoms with E-state index in [1.165, 1.54) is 0 Å². The topological polar surface area (TPSA) is 102 Å². The fourth-order valence-electron chi connectivity index (χ4n) is 0.717. The Hall–Kier alpha value is 0.220. The first-order valence-electron chi connectivity index (χ1n) is 3.93. The van der Waals surface area contributed by atoms with Gasteiger partial charge in [0.15, 0.2) is 29.5 Å². The molecule has 0 aromatic rings. The van der Waals surface area contributed by atoms with E-state index >= 15 is 0 Å². The van der Waals surface area contributed by atoms with Crippen molar-refractivity contribution in [3.8, 4) is 0 Å². The molecule has 134 valence electrons. The molecule has 0 aliphatic heterocycles. The van der Waals surface area contributed by atoms with E-state index in [0.717, 1.165) is 0 Å². The van der Waals surface area contributed by atoms with Gasteiger partial charge in [-0.15, -0.1) is 0 Å². The predicted molar refractivity (Wildman–Crippen MR) is 48.2 cm³/mol. The molecule has 0 heterocycles. The molecule has 0 aromatic heterocycles. The second-order valence-corrected chi connectivity index (χ2v) is 9.51. The van der Waals surface area contributed by atoms with Crippen LogP contribution in [0.1, 0.15) is 0 Å². The van der Waals surface area contributed by atoms with E-state index in [1.807, 2.05) is 0 Å². The molecular weight excluding hydrogens is 434 g/mol. The van der Waals surface area contributed by atoms with Crippen LogP contribution in [-0.4, -0.2) is 41.8 Å². The standard InChI is InChI=1S/C4F9O6S3.Na/c5-2(6,7)20(14,15)1(21(16,17)3(8,9)10)22(18,19)4(11,12)13;/q-1;+1. The summed E-state index contributed by atoms with van der Waals surface area (Å²) in [4.78, 5) is 0. The van der Waals surface area contributed by atoms with Gasteiger partial charge in [0.05, 0.1) is 3.91 Å². The van der Waals surface area contributed by atoms with Gasteiger partial charge in [-0.05, 0) is 0 Å². The van der Waals surface area contributed by atoms with Gasteiger partial charge in [0, 0.05) is 0 Å². The van der Waals surface area contributed by atoms with Crippen LogP contribution in [0.4, 0.5) is 39.5 Å². The van der Waals surface area contributed by atoms with E-state index in [4.69, 9.17) is 0 Å². The average Bonchev–Trinajstić information content (AvgIpc) is 2.09. The molecule has 0 aromatic carbocycles. The second kappa shape index (κ2) is 6.50. The van der Waals surface area contributed by atoms with Crippen molar-refractivity contribution in [3.63, 3.8) is 0 Å². The van der Waals surface area contributed by atoms with E-state index in [2.05, 4.69) is 0 Å². The third kappa shape index (κ3) is 4.44. The van der Waals surface area contributed by atoms with Gasteiger partial charge in [-0.3, -0.25) is 25.3 Å². The van der Waals surface area contributed by atoms with E-state index < -0.39 is 50.0 Å². The van der Waals surface area contributed by atoms with Crippen LogP contribution in [0.3, 0.4) is 0 Å². The molecular formula is C4F9NaO6S3. The number of sulfone groups is 3. The molecule has 0 atom stereocenters. The molecule has 6 nitrogen and oxygen atoms in total. The van der Waals surface area contributed by atoms with Crippen LogP contribution in [0, 0.1) is 3.91 Å². The van der Waals surface area contributed by atoms with Gasteiger partial charge in [0.25, 0.3) is 0 Å². The molecule has 23 heavy (non-hydrogen) atoms. The van der Waals surface area contributed by atoms with E-state index in [0.29, 0.717) is 0 Å². The normalized spacial score (nSPS) is 15.4. The van der Waals surface area contributed by atoms with Crippen molar-refractivity contribution in [2.45, 2.75) is 16.5 Å². The van der Waals surface area contributed by atoms with Gasteiger partial charge < -0.3 is 0 Å². The molecule has 0 radical (unpaired) electrons. The van der Waals surface area contributed by atoms with E-state index in [1.54, 1.807) is 0 Å². The molecule has 0 saturated heterocycles. The van der Waals surface area contributed by atoms with Gasteiger partial charge in [-0.2, -0.15) is 39.5 Å². The van der Waals surface area contributed by atoms with Crippen LogP contribution in [0.15, 0.2) is 0 Å². The summed E-state index contributed by atoms with van der Waals surface area (Å²) in [6, 6.07) is 0. The first-order valence-corrected chi connectivity index (χ1v) is 8.38. The van der Waals surface area contributed by atoms with Gasteiger partial charge in [-0.1, -0.05) is 0 Å². The van der Waals surface area contributed by atoms with Crippen molar-refractivity contribution in [3.05, 3.63) is 3.91 Å². The molecule has 0 unspecified atom stereocenters. The Kier molecular flexibility index (Phi) is 7.20. The number of rotatable bonds is 3. The molecule has 0 bridgehead atoms. The quantitative estimate of drug-likeness (QED) is 0.297. The first-order chi connectivity index (χ1) is 9.12. The molecule has 19 heteroatoms. The predicted octanol–water partition coefficient (Wildman–Crippen LogP) is -1.76. The summed E-state index contributed by atoms with van der Waals surface area (Å²) in [5, 5.41) is 0. The van der Waals surface area contributed by atoms with E-state index in [9.17, 15) is 64.8 Å². The molecule has 0 rings (SSSR count). The molecule has 0 amide bonds. The smallest absolute Gasteiger partial charge is 0.251 e. The number of hydrogen-bond acceptors (Lipinski definition) is 6. The summed E-state index contributed by atoms with van der Waals surface area (Å²) < 4.78 is 167. The minimum atomic E-state index is -8.02. The monoisotopic (exact) mass is 434 g/mol. The minimum absolute atomic E-state index is 0. The van der Waals surface area contributed by atoms with Gasteiger partial charge in [0.2, 0.25) is 0 Å². The van der Waals surface area contributed by atoms with Crippen molar-refractivity contribution in [2.75, 3.05) is 0 Å². The molecule has 0 N–H and O–H groups in total. The van der Waals surface area contributed by atoms with Crippen LogP contribution in [-0.2, 0) is 29.5 Å². The molecule has 0 spiro atoms. The SMILES string of the molecule is O=S(=O)([C-](S(=O)(=O)C(F)(F)F)S(=O)(=O)C(F)(F)F)C(F)(F)F.[Na+]. The van der Waals surface area contributed by atoms with Crippen molar-refractivity contribution in [1.29, 1.82) is 0 Å². The summed E-state index contributed by atoms with van der Waals surface area (Å²) in [6.07, 6.45) is 0. The Morgan fingerprint density at radius 1 is 0.478 bits per heavy atom. The van der Waals surface area contributed by atoms with Crippen LogP contribution >= 0.6 is 0 Å². The third-order valence-corrected chi connectivity index (χ3v) is 8.67.